The molecule has 0 aliphatic rings. The predicted molar refractivity (Wildman–Crippen MR) is 64.5 cm³/mol. The molecule has 82 valence electrons. The fourth-order valence-corrected chi connectivity index (χ4v) is 1.42. The van der Waals surface area contributed by atoms with Crippen LogP contribution in [0.1, 0.15) is 39.5 Å². The summed E-state index contributed by atoms with van der Waals surface area (Å²) in [7, 11) is 0. The molecule has 0 rings (SSSR count). The van der Waals surface area contributed by atoms with Crippen LogP contribution < -0.4 is 0 Å². The summed E-state index contributed by atoms with van der Waals surface area (Å²) in [6, 6.07) is 0. The Morgan fingerprint density at radius 3 is 2.07 bits per heavy atom. The van der Waals surface area contributed by atoms with Gasteiger partial charge in [0.1, 0.15) is 0 Å². The van der Waals surface area contributed by atoms with Crippen molar-refractivity contribution in [1.29, 1.82) is 0 Å². The number of hydrogen-bond acceptors (Lipinski definition) is 1. The van der Waals surface area contributed by atoms with Crippen LogP contribution in [0.15, 0.2) is 11.1 Å². The molecule has 0 aromatic carbocycles. The van der Waals surface area contributed by atoms with Crippen LogP contribution in [0.5, 0.6) is 0 Å². The molecule has 0 spiro atoms. The zero-order valence-electron chi connectivity index (χ0n) is 9.13. The van der Waals surface area contributed by atoms with E-state index in [-0.39, 0.29) is 5.91 Å². The van der Waals surface area contributed by atoms with Crippen LogP contribution in [0.4, 0.5) is 0 Å². The Morgan fingerprint density at radius 1 is 1.21 bits per heavy atom. The number of rotatable bonds is 7. The van der Waals surface area contributed by atoms with Crippen molar-refractivity contribution < 1.29 is 4.79 Å². The van der Waals surface area contributed by atoms with Crippen molar-refractivity contribution in [3.63, 3.8) is 0 Å². The zero-order valence-corrected chi connectivity index (χ0v) is 10.7. The topological polar surface area (TPSA) is 20.3 Å². The van der Waals surface area contributed by atoms with Gasteiger partial charge in [-0.25, -0.2) is 0 Å². The van der Waals surface area contributed by atoms with Crippen molar-refractivity contribution in [3.8, 4) is 0 Å². The van der Waals surface area contributed by atoms with Crippen LogP contribution in [0.2, 0.25) is 0 Å². The Bertz CT molecular complexity index is 172. The zero-order chi connectivity index (χ0) is 10.8. The van der Waals surface area contributed by atoms with Crippen molar-refractivity contribution in [2.75, 3.05) is 13.1 Å². The fraction of sp³-hybridized carbons (Fsp3) is 0.727. The number of carbonyl (C=O) groups is 1. The summed E-state index contributed by atoms with van der Waals surface area (Å²) in [4.78, 5) is 15.1. The maximum atomic E-state index is 11.6. The Balaban J connectivity index is 4.01. The van der Waals surface area contributed by atoms with Gasteiger partial charge < -0.3 is 4.90 Å². The first kappa shape index (κ1) is 13.7. The third-order valence-corrected chi connectivity index (χ3v) is 2.34. The van der Waals surface area contributed by atoms with Crippen molar-refractivity contribution in [1.82, 2.24) is 4.90 Å². The van der Waals surface area contributed by atoms with Crippen LogP contribution in [0.3, 0.4) is 0 Å². The summed E-state index contributed by atoms with van der Waals surface area (Å²) in [6.07, 6.45) is 6.02. The highest BCUT2D eigenvalue weighted by Gasteiger charge is 2.08. The predicted octanol–water partition coefficient (Wildman–Crippen LogP) is 3.32. The van der Waals surface area contributed by atoms with Gasteiger partial charge in [0.05, 0.1) is 0 Å². The SMILES string of the molecule is CCCCN(CCCC)C(=O)/C=C\Br. The van der Waals surface area contributed by atoms with E-state index < -0.39 is 0 Å². The Labute approximate surface area is 95.5 Å². The summed E-state index contributed by atoms with van der Waals surface area (Å²) in [5.41, 5.74) is 0. The molecule has 0 heterocycles. The van der Waals surface area contributed by atoms with Gasteiger partial charge in [0, 0.05) is 19.2 Å². The third-order valence-electron chi connectivity index (χ3n) is 2.08. The summed E-state index contributed by atoms with van der Waals surface area (Å²) >= 11 is 3.13. The Hall–Kier alpha value is -0.310. The lowest BCUT2D eigenvalue weighted by Crippen LogP contribution is -2.31. The minimum absolute atomic E-state index is 0.115. The molecule has 0 aliphatic heterocycles. The van der Waals surface area contributed by atoms with Crippen molar-refractivity contribution >= 4 is 21.8 Å². The van der Waals surface area contributed by atoms with Crippen LogP contribution in [0, 0.1) is 0 Å². The van der Waals surface area contributed by atoms with E-state index in [2.05, 4.69) is 29.8 Å². The maximum Gasteiger partial charge on any atom is 0.247 e. The number of carbonyl (C=O) groups excluding carboxylic acids is 1. The molecule has 0 radical (unpaired) electrons. The number of hydrogen-bond donors (Lipinski definition) is 0. The Morgan fingerprint density at radius 2 is 1.71 bits per heavy atom. The van der Waals surface area contributed by atoms with Crippen LogP contribution in [0.25, 0.3) is 0 Å². The normalized spacial score (nSPS) is 10.8. The van der Waals surface area contributed by atoms with E-state index in [0.29, 0.717) is 0 Å². The first-order chi connectivity index (χ1) is 6.76. The summed E-state index contributed by atoms with van der Waals surface area (Å²) < 4.78 is 0. The lowest BCUT2D eigenvalue weighted by atomic mass is 10.2. The highest BCUT2D eigenvalue weighted by Crippen LogP contribution is 2.01. The van der Waals surface area contributed by atoms with Gasteiger partial charge in [0.2, 0.25) is 5.91 Å². The molecule has 0 aromatic rings. The smallest absolute Gasteiger partial charge is 0.247 e. The van der Waals surface area contributed by atoms with E-state index in [1.807, 2.05) is 4.90 Å². The molecule has 0 saturated heterocycles. The van der Waals surface area contributed by atoms with Gasteiger partial charge in [-0.3, -0.25) is 4.79 Å². The van der Waals surface area contributed by atoms with E-state index in [1.165, 1.54) is 0 Å². The first-order valence-electron chi connectivity index (χ1n) is 5.31. The summed E-state index contributed by atoms with van der Waals surface area (Å²) in [5.74, 6) is 0.115. The molecule has 0 N–H and O–H groups in total. The fourth-order valence-electron chi connectivity index (χ4n) is 1.19. The molecule has 0 fully saturated rings. The van der Waals surface area contributed by atoms with Crippen LogP contribution in [-0.4, -0.2) is 23.9 Å². The lowest BCUT2D eigenvalue weighted by molar-refractivity contribution is -0.126. The second-order valence-corrected chi connectivity index (χ2v) is 3.85. The molecule has 0 saturated carbocycles. The van der Waals surface area contributed by atoms with Gasteiger partial charge >= 0.3 is 0 Å². The van der Waals surface area contributed by atoms with Gasteiger partial charge in [-0.15, -0.1) is 0 Å². The quantitative estimate of drug-likeness (QED) is 0.644. The number of unbranched alkanes of at least 4 members (excludes halogenated alkanes) is 2. The summed E-state index contributed by atoms with van der Waals surface area (Å²) in [5, 5.41) is 0. The molecule has 0 aliphatic carbocycles. The number of amides is 1. The van der Waals surface area contributed by atoms with Crippen molar-refractivity contribution in [2.24, 2.45) is 0 Å². The van der Waals surface area contributed by atoms with Gasteiger partial charge in [0.15, 0.2) is 0 Å². The number of nitrogens with zero attached hydrogens (tertiary/aromatic N) is 1. The largest absolute Gasteiger partial charge is 0.339 e. The van der Waals surface area contributed by atoms with E-state index in [4.69, 9.17) is 0 Å². The molecule has 1 amide bonds. The molecule has 14 heavy (non-hydrogen) atoms. The maximum absolute atomic E-state index is 11.6. The van der Waals surface area contributed by atoms with E-state index >= 15 is 0 Å². The summed E-state index contributed by atoms with van der Waals surface area (Å²) in [6.45, 7) is 6.05. The minimum atomic E-state index is 0.115. The van der Waals surface area contributed by atoms with Gasteiger partial charge in [-0.1, -0.05) is 42.6 Å². The molecule has 0 bridgehead atoms. The molecule has 0 unspecified atom stereocenters. The van der Waals surface area contributed by atoms with E-state index in [1.54, 1.807) is 11.1 Å². The average molecular weight is 262 g/mol. The second-order valence-electron chi connectivity index (χ2n) is 3.33. The standard InChI is InChI=1S/C11H20BrNO/c1-3-5-9-13(10-6-4-2)11(14)7-8-12/h7-8H,3-6,9-10H2,1-2H3/b8-7-. The van der Waals surface area contributed by atoms with Gasteiger partial charge in [-0.05, 0) is 17.8 Å². The van der Waals surface area contributed by atoms with Gasteiger partial charge in [0.25, 0.3) is 0 Å². The van der Waals surface area contributed by atoms with Gasteiger partial charge in [-0.2, -0.15) is 0 Å². The third kappa shape index (κ3) is 6.19. The monoisotopic (exact) mass is 261 g/mol. The van der Waals surface area contributed by atoms with Crippen LogP contribution >= 0.6 is 15.9 Å². The average Bonchev–Trinajstić information content (AvgIpc) is 2.18. The van der Waals surface area contributed by atoms with Crippen molar-refractivity contribution in [2.45, 2.75) is 39.5 Å². The van der Waals surface area contributed by atoms with Crippen molar-refractivity contribution in [3.05, 3.63) is 11.1 Å². The minimum Gasteiger partial charge on any atom is -0.339 e. The second kappa shape index (κ2) is 9.25. The first-order valence-corrected chi connectivity index (χ1v) is 6.23. The molecule has 3 heteroatoms. The molecule has 0 aromatic heterocycles. The van der Waals surface area contributed by atoms with E-state index in [0.717, 1.165) is 38.8 Å². The molecule has 0 atom stereocenters. The highest BCUT2D eigenvalue weighted by atomic mass is 79.9. The lowest BCUT2D eigenvalue weighted by Gasteiger charge is -2.20. The van der Waals surface area contributed by atoms with Crippen LogP contribution in [-0.2, 0) is 4.79 Å². The van der Waals surface area contributed by atoms with E-state index in [9.17, 15) is 4.79 Å². The molecular formula is C11H20BrNO. The number of halogens is 1. The molecule has 2 nitrogen and oxygen atoms in total. The Kier molecular flexibility index (Phi) is 9.05. The molecular weight excluding hydrogens is 242 g/mol. The highest BCUT2D eigenvalue weighted by molar-refractivity contribution is 9.11.